The van der Waals surface area contributed by atoms with Crippen LogP contribution in [0.15, 0.2) is 10.7 Å². The average Bonchev–Trinajstić information content (AvgIpc) is 3.15. The van der Waals surface area contributed by atoms with Crippen molar-refractivity contribution < 1.29 is 9.32 Å². The fourth-order valence-corrected chi connectivity index (χ4v) is 3.00. The lowest BCUT2D eigenvalue weighted by molar-refractivity contribution is 0.0914. The number of nitrogens with one attached hydrogen (secondary N) is 1. The zero-order valence-corrected chi connectivity index (χ0v) is 13.6. The first-order valence-corrected chi connectivity index (χ1v) is 8.02. The molecule has 2 aromatic rings. The molecule has 0 bridgehead atoms. The summed E-state index contributed by atoms with van der Waals surface area (Å²) in [7, 11) is 0. The Bertz CT molecular complexity index is 671. The Morgan fingerprint density at radius 2 is 2.17 bits per heavy atom. The highest BCUT2D eigenvalue weighted by Gasteiger charge is 2.27. The summed E-state index contributed by atoms with van der Waals surface area (Å²) < 4.78 is 6.44. The van der Waals surface area contributed by atoms with Crippen LogP contribution in [-0.4, -0.2) is 37.6 Å². The summed E-state index contributed by atoms with van der Waals surface area (Å²) in [5.74, 6) is 0.820. The molecule has 2 heterocycles. The molecule has 0 aliphatic heterocycles. The Hall–Kier alpha value is -2.25. The third kappa shape index (κ3) is 3.94. The van der Waals surface area contributed by atoms with Crippen molar-refractivity contribution in [1.29, 1.82) is 0 Å². The SMILES string of the molecule is Cc1nc(Cn2cc(C(=O)NCC3(C)CCCCC3)nn2)no1. The van der Waals surface area contributed by atoms with Crippen LogP contribution in [0, 0.1) is 12.3 Å². The quantitative estimate of drug-likeness (QED) is 0.901. The Labute approximate surface area is 134 Å². The van der Waals surface area contributed by atoms with Crippen LogP contribution in [-0.2, 0) is 6.54 Å². The molecule has 0 aromatic carbocycles. The minimum absolute atomic E-state index is 0.188. The number of amides is 1. The molecule has 2 aromatic heterocycles. The molecule has 0 unspecified atom stereocenters. The van der Waals surface area contributed by atoms with E-state index in [1.807, 2.05) is 0 Å². The minimum Gasteiger partial charge on any atom is -0.350 e. The molecular formula is C15H22N6O2. The Morgan fingerprint density at radius 1 is 1.39 bits per heavy atom. The zero-order valence-electron chi connectivity index (χ0n) is 13.6. The van der Waals surface area contributed by atoms with Crippen LogP contribution >= 0.6 is 0 Å². The van der Waals surface area contributed by atoms with Crippen LogP contribution < -0.4 is 5.32 Å². The summed E-state index contributed by atoms with van der Waals surface area (Å²) in [4.78, 5) is 16.3. The Balaban J connectivity index is 1.55. The third-order valence-electron chi connectivity index (χ3n) is 4.38. The maximum atomic E-state index is 12.2. The second-order valence-electron chi connectivity index (χ2n) is 6.58. The largest absolute Gasteiger partial charge is 0.350 e. The van der Waals surface area contributed by atoms with Crippen molar-refractivity contribution in [2.45, 2.75) is 52.5 Å². The molecule has 1 saturated carbocycles. The van der Waals surface area contributed by atoms with Gasteiger partial charge in [0.25, 0.3) is 5.91 Å². The summed E-state index contributed by atoms with van der Waals surface area (Å²) in [5, 5.41) is 14.6. The van der Waals surface area contributed by atoms with Gasteiger partial charge in [-0.15, -0.1) is 5.10 Å². The van der Waals surface area contributed by atoms with Gasteiger partial charge in [-0.3, -0.25) is 4.79 Å². The summed E-state index contributed by atoms with van der Waals surface area (Å²) in [5.41, 5.74) is 0.510. The molecular weight excluding hydrogens is 296 g/mol. The monoisotopic (exact) mass is 318 g/mol. The van der Waals surface area contributed by atoms with Crippen LogP contribution in [0.25, 0.3) is 0 Å². The molecule has 1 N–H and O–H groups in total. The molecule has 8 nitrogen and oxygen atoms in total. The number of hydrogen-bond acceptors (Lipinski definition) is 6. The van der Waals surface area contributed by atoms with Gasteiger partial charge in [-0.2, -0.15) is 4.98 Å². The van der Waals surface area contributed by atoms with Crippen molar-refractivity contribution in [2.24, 2.45) is 5.41 Å². The standard InChI is InChI=1S/C15H22N6O2/c1-11-17-13(19-23-11)9-21-8-12(18-20-21)14(22)16-10-15(2)6-4-3-5-7-15/h8H,3-7,9-10H2,1-2H3,(H,16,22). The molecule has 1 aliphatic rings. The van der Waals surface area contributed by atoms with Gasteiger partial charge >= 0.3 is 0 Å². The molecule has 1 aliphatic carbocycles. The van der Waals surface area contributed by atoms with Crippen molar-refractivity contribution in [3.05, 3.63) is 23.6 Å². The number of carbonyl (C=O) groups is 1. The van der Waals surface area contributed by atoms with E-state index in [-0.39, 0.29) is 11.3 Å². The van der Waals surface area contributed by atoms with Crippen molar-refractivity contribution >= 4 is 5.91 Å². The second-order valence-corrected chi connectivity index (χ2v) is 6.58. The van der Waals surface area contributed by atoms with Crippen molar-refractivity contribution in [3.8, 4) is 0 Å². The fraction of sp³-hybridized carbons (Fsp3) is 0.667. The first-order chi connectivity index (χ1) is 11.0. The van der Waals surface area contributed by atoms with E-state index in [1.54, 1.807) is 13.1 Å². The average molecular weight is 318 g/mol. The second kappa shape index (κ2) is 6.47. The highest BCUT2D eigenvalue weighted by molar-refractivity contribution is 5.91. The topological polar surface area (TPSA) is 98.7 Å². The van der Waals surface area contributed by atoms with Crippen LogP contribution in [0.5, 0.6) is 0 Å². The summed E-state index contributed by atoms with van der Waals surface area (Å²) in [6.45, 7) is 4.97. The van der Waals surface area contributed by atoms with Gasteiger partial charge in [-0.1, -0.05) is 36.6 Å². The number of nitrogens with zero attached hydrogens (tertiary/aromatic N) is 5. The Kier molecular flexibility index (Phi) is 4.40. The third-order valence-corrected chi connectivity index (χ3v) is 4.38. The lowest BCUT2D eigenvalue weighted by Crippen LogP contribution is -2.37. The normalized spacial score (nSPS) is 17.1. The molecule has 0 atom stereocenters. The van der Waals surface area contributed by atoms with Crippen LogP contribution in [0.2, 0.25) is 0 Å². The van der Waals surface area contributed by atoms with Gasteiger partial charge in [-0.25, -0.2) is 4.68 Å². The Morgan fingerprint density at radius 3 is 2.87 bits per heavy atom. The van der Waals surface area contributed by atoms with E-state index in [9.17, 15) is 4.79 Å². The maximum absolute atomic E-state index is 12.2. The highest BCUT2D eigenvalue weighted by atomic mass is 16.5. The molecule has 0 saturated heterocycles. The number of rotatable bonds is 5. The number of aryl methyl sites for hydroxylation is 1. The predicted octanol–water partition coefficient (Wildman–Crippen LogP) is 1.72. The lowest BCUT2D eigenvalue weighted by atomic mass is 9.76. The molecule has 0 spiro atoms. The van der Waals surface area contributed by atoms with Crippen LogP contribution in [0.4, 0.5) is 0 Å². The van der Waals surface area contributed by atoms with Gasteiger partial charge < -0.3 is 9.84 Å². The van der Waals surface area contributed by atoms with E-state index in [4.69, 9.17) is 4.52 Å². The van der Waals surface area contributed by atoms with E-state index in [0.717, 1.165) is 12.8 Å². The number of carbonyl (C=O) groups excluding carboxylic acids is 1. The number of hydrogen-bond donors (Lipinski definition) is 1. The predicted molar refractivity (Wildman–Crippen MR) is 81.7 cm³/mol. The van der Waals surface area contributed by atoms with Gasteiger partial charge in [0, 0.05) is 13.5 Å². The molecule has 1 amide bonds. The van der Waals surface area contributed by atoms with E-state index in [0.29, 0.717) is 30.5 Å². The van der Waals surface area contributed by atoms with E-state index < -0.39 is 0 Å². The van der Waals surface area contributed by atoms with Crippen LogP contribution in [0.3, 0.4) is 0 Å². The highest BCUT2D eigenvalue weighted by Crippen LogP contribution is 2.34. The summed E-state index contributed by atoms with van der Waals surface area (Å²) >= 11 is 0. The summed E-state index contributed by atoms with van der Waals surface area (Å²) in [6.07, 6.45) is 7.71. The van der Waals surface area contributed by atoms with Crippen molar-refractivity contribution in [1.82, 2.24) is 30.5 Å². The first-order valence-electron chi connectivity index (χ1n) is 8.02. The van der Waals surface area contributed by atoms with Crippen molar-refractivity contribution in [3.63, 3.8) is 0 Å². The van der Waals surface area contributed by atoms with Gasteiger partial charge in [-0.05, 0) is 18.3 Å². The zero-order chi connectivity index (χ0) is 16.3. The maximum Gasteiger partial charge on any atom is 0.273 e. The molecule has 3 rings (SSSR count). The van der Waals surface area contributed by atoms with Gasteiger partial charge in [0.2, 0.25) is 5.89 Å². The van der Waals surface area contributed by atoms with E-state index >= 15 is 0 Å². The number of aromatic nitrogens is 5. The molecule has 23 heavy (non-hydrogen) atoms. The van der Waals surface area contributed by atoms with E-state index in [1.165, 1.54) is 23.9 Å². The van der Waals surface area contributed by atoms with Crippen molar-refractivity contribution in [2.75, 3.05) is 6.54 Å². The first kappa shape index (κ1) is 15.6. The molecule has 1 fully saturated rings. The molecule has 8 heteroatoms. The smallest absolute Gasteiger partial charge is 0.273 e. The van der Waals surface area contributed by atoms with Gasteiger partial charge in [0.15, 0.2) is 11.5 Å². The minimum atomic E-state index is -0.188. The van der Waals surface area contributed by atoms with Crippen LogP contribution in [0.1, 0.15) is 61.2 Å². The van der Waals surface area contributed by atoms with Gasteiger partial charge in [0.05, 0.1) is 6.20 Å². The molecule has 0 radical (unpaired) electrons. The van der Waals surface area contributed by atoms with E-state index in [2.05, 4.69) is 32.7 Å². The van der Waals surface area contributed by atoms with Gasteiger partial charge in [0.1, 0.15) is 6.54 Å². The lowest BCUT2D eigenvalue weighted by Gasteiger charge is -2.33. The summed E-state index contributed by atoms with van der Waals surface area (Å²) in [6, 6.07) is 0. The fourth-order valence-electron chi connectivity index (χ4n) is 3.00. The molecule has 124 valence electrons.